The summed E-state index contributed by atoms with van der Waals surface area (Å²) in [6.45, 7) is 0.243. The van der Waals surface area contributed by atoms with Crippen LogP contribution in [-0.2, 0) is 26.5 Å². The molecule has 1 aliphatic heterocycles. The van der Waals surface area contributed by atoms with E-state index in [0.717, 1.165) is 12.3 Å². The van der Waals surface area contributed by atoms with Gasteiger partial charge in [0.2, 0.25) is 10.0 Å². The van der Waals surface area contributed by atoms with Gasteiger partial charge in [-0.2, -0.15) is 0 Å². The number of fused-ring (bicyclic) bond motifs is 1. The van der Waals surface area contributed by atoms with Gasteiger partial charge in [-0.15, -0.1) is 0 Å². The number of nitrogens with zero attached hydrogens (tertiary/aromatic N) is 1. The van der Waals surface area contributed by atoms with E-state index in [2.05, 4.69) is 4.72 Å². The molecule has 0 atom stereocenters. The molecule has 24 heavy (non-hydrogen) atoms. The van der Waals surface area contributed by atoms with E-state index in [9.17, 15) is 21.2 Å². The van der Waals surface area contributed by atoms with E-state index in [4.69, 9.17) is 0 Å². The van der Waals surface area contributed by atoms with Gasteiger partial charge in [0.05, 0.1) is 17.6 Å². The Labute approximate surface area is 140 Å². The molecule has 0 bridgehead atoms. The first-order valence-electron chi connectivity index (χ1n) is 7.07. The van der Waals surface area contributed by atoms with Crippen LogP contribution in [-0.4, -0.2) is 29.6 Å². The third kappa shape index (κ3) is 2.96. The fourth-order valence-corrected chi connectivity index (χ4v) is 4.83. The Kier molecular flexibility index (Phi) is 4.00. The van der Waals surface area contributed by atoms with E-state index in [0.29, 0.717) is 17.7 Å². The predicted molar refractivity (Wildman–Crippen MR) is 89.5 cm³/mol. The maximum absolute atomic E-state index is 13.8. The zero-order valence-electron chi connectivity index (χ0n) is 12.7. The third-order valence-corrected chi connectivity index (χ3v) is 6.33. The van der Waals surface area contributed by atoms with Crippen molar-refractivity contribution in [3.63, 3.8) is 0 Å². The highest BCUT2D eigenvalue weighted by molar-refractivity contribution is 7.92. The van der Waals surface area contributed by atoms with Crippen LogP contribution >= 0.6 is 0 Å². The first kappa shape index (κ1) is 16.7. The molecule has 0 radical (unpaired) electrons. The largest absolute Gasteiger partial charge is 0.279 e. The number of hydrogen-bond acceptors (Lipinski definition) is 4. The summed E-state index contributed by atoms with van der Waals surface area (Å²) in [4.78, 5) is -0.458. The van der Waals surface area contributed by atoms with E-state index in [-0.39, 0.29) is 12.2 Å². The van der Waals surface area contributed by atoms with Gasteiger partial charge in [-0.1, -0.05) is 18.2 Å². The molecule has 6 nitrogen and oxygen atoms in total. The van der Waals surface area contributed by atoms with Gasteiger partial charge in [-0.3, -0.25) is 9.03 Å². The van der Waals surface area contributed by atoms with Crippen molar-refractivity contribution in [3.8, 4) is 0 Å². The molecule has 0 fully saturated rings. The van der Waals surface area contributed by atoms with E-state index >= 15 is 0 Å². The minimum absolute atomic E-state index is 0.243. The summed E-state index contributed by atoms with van der Waals surface area (Å²) in [5.41, 5.74) is 1.26. The van der Waals surface area contributed by atoms with E-state index in [1.54, 1.807) is 12.1 Å². The van der Waals surface area contributed by atoms with Gasteiger partial charge in [0.15, 0.2) is 0 Å². The smallest absolute Gasteiger partial charge is 0.264 e. The van der Waals surface area contributed by atoms with Crippen LogP contribution < -0.4 is 9.03 Å². The van der Waals surface area contributed by atoms with Crippen molar-refractivity contribution in [2.75, 3.05) is 21.8 Å². The molecule has 2 aromatic carbocycles. The van der Waals surface area contributed by atoms with Crippen molar-refractivity contribution in [2.45, 2.75) is 11.3 Å². The summed E-state index contributed by atoms with van der Waals surface area (Å²) in [7, 11) is -7.55. The normalized spacial score (nSPS) is 14.5. The van der Waals surface area contributed by atoms with E-state index in [1.807, 2.05) is 0 Å². The molecule has 1 aliphatic rings. The average Bonchev–Trinajstić information content (AvgIpc) is 2.92. The van der Waals surface area contributed by atoms with Crippen LogP contribution in [0.3, 0.4) is 0 Å². The second-order valence-electron chi connectivity index (χ2n) is 5.42. The zero-order chi connectivity index (χ0) is 17.5. The molecule has 1 N–H and O–H groups in total. The second-order valence-corrected chi connectivity index (χ2v) is 8.98. The monoisotopic (exact) mass is 370 g/mol. The van der Waals surface area contributed by atoms with Crippen LogP contribution in [0.1, 0.15) is 5.56 Å². The average molecular weight is 370 g/mol. The summed E-state index contributed by atoms with van der Waals surface area (Å²) in [5.74, 6) is -0.852. The molecule has 0 aromatic heterocycles. The lowest BCUT2D eigenvalue weighted by Gasteiger charge is -2.17. The number of sulfonamides is 2. The van der Waals surface area contributed by atoms with Gasteiger partial charge in [-0.05, 0) is 30.7 Å². The SMILES string of the molecule is CS(=O)(=O)N1CCc2c(NS(=O)(=O)c3ccccc3F)cccc21. The van der Waals surface area contributed by atoms with Crippen molar-refractivity contribution >= 4 is 31.4 Å². The van der Waals surface area contributed by atoms with E-state index < -0.39 is 30.8 Å². The highest BCUT2D eigenvalue weighted by Crippen LogP contribution is 2.36. The number of anilines is 2. The minimum atomic E-state index is -4.11. The summed E-state index contributed by atoms with van der Waals surface area (Å²) < 4.78 is 65.8. The van der Waals surface area contributed by atoms with Crippen molar-refractivity contribution in [3.05, 3.63) is 53.8 Å². The Balaban J connectivity index is 2.02. The van der Waals surface area contributed by atoms with Gasteiger partial charge in [-0.25, -0.2) is 21.2 Å². The molecule has 1 heterocycles. The molecule has 0 aliphatic carbocycles. The second kappa shape index (κ2) is 5.75. The van der Waals surface area contributed by atoms with Gasteiger partial charge in [0.1, 0.15) is 10.7 Å². The molecular weight excluding hydrogens is 355 g/mol. The van der Waals surface area contributed by atoms with Crippen LogP contribution in [0.25, 0.3) is 0 Å². The standard InChI is InChI=1S/C15H15FN2O4S2/c1-23(19,20)18-10-9-11-13(6-4-7-14(11)18)17-24(21,22)15-8-3-2-5-12(15)16/h2-8,17H,9-10H2,1H3. The van der Waals surface area contributed by atoms with Crippen LogP contribution in [0.4, 0.5) is 15.8 Å². The lowest BCUT2D eigenvalue weighted by atomic mass is 10.1. The molecule has 0 spiro atoms. The van der Waals surface area contributed by atoms with Gasteiger partial charge in [0.25, 0.3) is 10.0 Å². The van der Waals surface area contributed by atoms with E-state index in [1.165, 1.54) is 28.6 Å². The fraction of sp³-hybridized carbons (Fsp3) is 0.200. The molecule has 0 amide bonds. The highest BCUT2D eigenvalue weighted by Gasteiger charge is 2.29. The Hall–Kier alpha value is -2.13. The number of hydrogen-bond donors (Lipinski definition) is 1. The maximum atomic E-state index is 13.8. The third-order valence-electron chi connectivity index (χ3n) is 3.76. The first-order chi connectivity index (χ1) is 11.2. The number of benzene rings is 2. The van der Waals surface area contributed by atoms with Crippen LogP contribution in [0.15, 0.2) is 47.4 Å². The first-order valence-corrected chi connectivity index (χ1v) is 10.4. The van der Waals surface area contributed by atoms with Crippen molar-refractivity contribution < 1.29 is 21.2 Å². The zero-order valence-corrected chi connectivity index (χ0v) is 14.4. The molecule has 2 aromatic rings. The molecule has 3 rings (SSSR count). The lowest BCUT2D eigenvalue weighted by Crippen LogP contribution is -2.27. The Morgan fingerprint density at radius 1 is 1.04 bits per heavy atom. The lowest BCUT2D eigenvalue weighted by molar-refractivity contribution is 0.570. The summed E-state index contributed by atoms with van der Waals surface area (Å²) in [6, 6.07) is 9.77. The maximum Gasteiger partial charge on any atom is 0.264 e. The van der Waals surface area contributed by atoms with Crippen molar-refractivity contribution in [1.82, 2.24) is 0 Å². The highest BCUT2D eigenvalue weighted by atomic mass is 32.2. The van der Waals surface area contributed by atoms with Gasteiger partial charge >= 0.3 is 0 Å². The molecule has 0 saturated carbocycles. The minimum Gasteiger partial charge on any atom is -0.279 e. The van der Waals surface area contributed by atoms with Crippen LogP contribution in [0.2, 0.25) is 0 Å². The molecule has 9 heteroatoms. The van der Waals surface area contributed by atoms with Gasteiger partial charge in [0, 0.05) is 12.1 Å². The Bertz CT molecular complexity index is 1000. The summed E-state index contributed by atoms with van der Waals surface area (Å²) in [5, 5.41) is 0. The molecular formula is C15H15FN2O4S2. The number of nitrogens with one attached hydrogen (secondary N) is 1. The Morgan fingerprint density at radius 3 is 2.42 bits per heavy atom. The summed E-state index contributed by atoms with van der Waals surface area (Å²) in [6.07, 6.45) is 1.47. The predicted octanol–water partition coefficient (Wildman–Crippen LogP) is 1.95. The quantitative estimate of drug-likeness (QED) is 0.892. The van der Waals surface area contributed by atoms with Crippen molar-refractivity contribution in [2.24, 2.45) is 0 Å². The molecule has 0 unspecified atom stereocenters. The molecule has 128 valence electrons. The topological polar surface area (TPSA) is 83.6 Å². The van der Waals surface area contributed by atoms with Gasteiger partial charge < -0.3 is 0 Å². The fourth-order valence-electron chi connectivity index (χ4n) is 2.71. The van der Waals surface area contributed by atoms with Crippen molar-refractivity contribution in [1.29, 1.82) is 0 Å². The number of rotatable bonds is 4. The Morgan fingerprint density at radius 2 is 1.75 bits per heavy atom. The van der Waals surface area contributed by atoms with Crippen LogP contribution in [0, 0.1) is 5.82 Å². The van der Waals surface area contributed by atoms with Crippen LogP contribution in [0.5, 0.6) is 0 Å². The summed E-state index contributed by atoms with van der Waals surface area (Å²) >= 11 is 0. The number of halogens is 1. The molecule has 0 saturated heterocycles.